The molecule has 0 spiro atoms. The molecular weight excluding hydrogens is 216 g/mol. The number of benzene rings is 1. The molecule has 0 bridgehead atoms. The lowest BCUT2D eigenvalue weighted by molar-refractivity contribution is -0.137. The Labute approximate surface area is 101 Å². The lowest BCUT2D eigenvalue weighted by Gasteiger charge is -2.20. The van der Waals surface area contributed by atoms with Crippen molar-refractivity contribution in [2.75, 3.05) is 6.61 Å². The number of hydrogen-bond acceptors (Lipinski definition) is 2. The van der Waals surface area contributed by atoms with Crippen LogP contribution in [0.25, 0.3) is 0 Å². The molecule has 0 saturated carbocycles. The van der Waals surface area contributed by atoms with E-state index in [1.165, 1.54) is 5.56 Å². The molecule has 0 saturated heterocycles. The molecule has 1 aromatic carbocycles. The summed E-state index contributed by atoms with van der Waals surface area (Å²) in [7, 11) is 0. The highest BCUT2D eigenvalue weighted by Gasteiger charge is 2.28. The van der Waals surface area contributed by atoms with Crippen LogP contribution >= 0.6 is 0 Å². The molecular formula is C14H18O3. The van der Waals surface area contributed by atoms with Crippen LogP contribution in [0.1, 0.15) is 44.2 Å². The Morgan fingerprint density at radius 2 is 2.18 bits per heavy atom. The van der Waals surface area contributed by atoms with E-state index in [2.05, 4.69) is 32.9 Å². The van der Waals surface area contributed by atoms with Crippen molar-refractivity contribution in [1.29, 1.82) is 0 Å². The van der Waals surface area contributed by atoms with Gasteiger partial charge < -0.3 is 9.84 Å². The fourth-order valence-electron chi connectivity index (χ4n) is 2.13. The Hall–Kier alpha value is -1.51. The lowest BCUT2D eigenvalue weighted by atomic mass is 9.84. The van der Waals surface area contributed by atoms with E-state index in [1.807, 2.05) is 6.07 Å². The maximum atomic E-state index is 10.8. The number of aliphatic carboxylic acids is 1. The van der Waals surface area contributed by atoms with Crippen molar-refractivity contribution in [3.8, 4) is 5.75 Å². The average Bonchev–Trinajstić information content (AvgIpc) is 2.59. The molecule has 2 rings (SSSR count). The Morgan fingerprint density at radius 3 is 2.76 bits per heavy atom. The zero-order chi connectivity index (χ0) is 12.6. The van der Waals surface area contributed by atoms with E-state index in [4.69, 9.17) is 9.84 Å². The van der Waals surface area contributed by atoms with Gasteiger partial charge in [-0.1, -0.05) is 32.9 Å². The minimum Gasteiger partial charge on any atom is -0.493 e. The van der Waals surface area contributed by atoms with E-state index < -0.39 is 5.97 Å². The molecule has 17 heavy (non-hydrogen) atoms. The van der Waals surface area contributed by atoms with Gasteiger partial charge in [0.05, 0.1) is 13.0 Å². The van der Waals surface area contributed by atoms with Crippen LogP contribution < -0.4 is 4.74 Å². The number of carboxylic acid groups (broad SMARTS) is 1. The van der Waals surface area contributed by atoms with Crippen LogP contribution in [0.4, 0.5) is 0 Å². The molecule has 0 aromatic heterocycles. The minimum atomic E-state index is -0.771. The van der Waals surface area contributed by atoms with E-state index in [0.717, 1.165) is 11.3 Å². The summed E-state index contributed by atoms with van der Waals surface area (Å²) in [5.74, 6) is 0.0571. The maximum Gasteiger partial charge on any atom is 0.304 e. The molecule has 0 aliphatic carbocycles. The summed E-state index contributed by atoms with van der Waals surface area (Å²) < 4.78 is 5.52. The van der Waals surface area contributed by atoms with Gasteiger partial charge in [-0.2, -0.15) is 0 Å². The highest BCUT2D eigenvalue weighted by atomic mass is 16.5. The number of rotatable bonds is 2. The van der Waals surface area contributed by atoms with Crippen molar-refractivity contribution in [1.82, 2.24) is 0 Å². The summed E-state index contributed by atoms with van der Waals surface area (Å²) in [5.41, 5.74) is 2.34. The molecule has 3 nitrogen and oxygen atoms in total. The SMILES string of the molecule is CC(C)(C)c1ccc2c(c1)[C@@H](CC(=O)O)CO2. The minimum absolute atomic E-state index is 0.00944. The first-order valence-electron chi connectivity index (χ1n) is 5.87. The van der Waals surface area contributed by atoms with Gasteiger partial charge in [0.2, 0.25) is 0 Å². The highest BCUT2D eigenvalue weighted by molar-refractivity contribution is 5.68. The standard InChI is InChI=1S/C14H18O3/c1-14(2,3)10-4-5-12-11(7-10)9(8-17-12)6-13(15)16/h4-5,7,9H,6,8H2,1-3H3,(H,15,16)/t9-/m0/s1. The fourth-order valence-corrected chi connectivity index (χ4v) is 2.13. The van der Waals surface area contributed by atoms with Gasteiger partial charge in [0, 0.05) is 11.5 Å². The normalized spacial score (nSPS) is 18.6. The zero-order valence-corrected chi connectivity index (χ0v) is 10.5. The molecule has 0 amide bonds. The molecule has 1 aliphatic rings. The summed E-state index contributed by atoms with van der Waals surface area (Å²) in [4.78, 5) is 10.8. The van der Waals surface area contributed by atoms with E-state index in [-0.39, 0.29) is 17.8 Å². The predicted octanol–water partition coefficient (Wildman–Crippen LogP) is 2.93. The third-order valence-corrected chi connectivity index (χ3v) is 3.18. The van der Waals surface area contributed by atoms with Crippen LogP contribution in [0.3, 0.4) is 0 Å². The summed E-state index contributed by atoms with van der Waals surface area (Å²) in [6.45, 7) is 6.93. The molecule has 1 N–H and O–H groups in total. The molecule has 3 heteroatoms. The van der Waals surface area contributed by atoms with Gasteiger partial charge in [-0.25, -0.2) is 0 Å². The Morgan fingerprint density at radius 1 is 1.47 bits per heavy atom. The Balaban J connectivity index is 2.34. The second-order valence-corrected chi connectivity index (χ2v) is 5.61. The van der Waals surface area contributed by atoms with Crippen LogP contribution in [-0.4, -0.2) is 17.7 Å². The van der Waals surface area contributed by atoms with Crippen LogP contribution in [0.5, 0.6) is 5.75 Å². The first-order valence-corrected chi connectivity index (χ1v) is 5.87. The van der Waals surface area contributed by atoms with Crippen molar-refractivity contribution >= 4 is 5.97 Å². The molecule has 1 atom stereocenters. The van der Waals surface area contributed by atoms with Gasteiger partial charge in [0.1, 0.15) is 5.75 Å². The number of carboxylic acids is 1. The van der Waals surface area contributed by atoms with Gasteiger partial charge in [-0.05, 0) is 17.0 Å². The first kappa shape index (κ1) is 12.0. The quantitative estimate of drug-likeness (QED) is 0.855. The van der Waals surface area contributed by atoms with Gasteiger partial charge in [-0.15, -0.1) is 0 Å². The third kappa shape index (κ3) is 2.43. The molecule has 1 aromatic rings. The van der Waals surface area contributed by atoms with Crippen molar-refractivity contribution in [3.63, 3.8) is 0 Å². The van der Waals surface area contributed by atoms with Gasteiger partial charge in [0.25, 0.3) is 0 Å². The van der Waals surface area contributed by atoms with Crippen LogP contribution in [0.15, 0.2) is 18.2 Å². The van der Waals surface area contributed by atoms with Crippen molar-refractivity contribution in [3.05, 3.63) is 29.3 Å². The Kier molecular flexibility index (Phi) is 2.86. The molecule has 92 valence electrons. The topological polar surface area (TPSA) is 46.5 Å². The average molecular weight is 234 g/mol. The monoisotopic (exact) mass is 234 g/mol. The number of hydrogen-bond donors (Lipinski definition) is 1. The smallest absolute Gasteiger partial charge is 0.304 e. The number of fused-ring (bicyclic) bond motifs is 1. The zero-order valence-electron chi connectivity index (χ0n) is 10.5. The third-order valence-electron chi connectivity index (χ3n) is 3.18. The fraction of sp³-hybridized carbons (Fsp3) is 0.500. The summed E-state index contributed by atoms with van der Waals surface area (Å²) in [6, 6.07) is 6.11. The van der Waals surface area contributed by atoms with Crippen LogP contribution in [0, 0.1) is 0 Å². The summed E-state index contributed by atoms with van der Waals surface area (Å²) in [5, 5.41) is 8.87. The molecule has 1 aliphatic heterocycles. The molecule has 1 heterocycles. The van der Waals surface area contributed by atoms with Gasteiger partial charge >= 0.3 is 5.97 Å². The molecule has 0 radical (unpaired) electrons. The molecule has 0 unspecified atom stereocenters. The van der Waals surface area contributed by atoms with E-state index in [9.17, 15) is 4.79 Å². The van der Waals surface area contributed by atoms with Gasteiger partial charge in [0.15, 0.2) is 0 Å². The van der Waals surface area contributed by atoms with Gasteiger partial charge in [-0.3, -0.25) is 4.79 Å². The molecule has 0 fully saturated rings. The van der Waals surface area contributed by atoms with Crippen LogP contribution in [-0.2, 0) is 10.2 Å². The Bertz CT molecular complexity index is 443. The first-order chi connectivity index (χ1) is 7.88. The summed E-state index contributed by atoms with van der Waals surface area (Å²) >= 11 is 0. The van der Waals surface area contributed by atoms with Crippen molar-refractivity contribution < 1.29 is 14.6 Å². The van der Waals surface area contributed by atoms with E-state index in [1.54, 1.807) is 0 Å². The number of carbonyl (C=O) groups is 1. The second-order valence-electron chi connectivity index (χ2n) is 5.61. The second kappa shape index (κ2) is 4.06. The van der Waals surface area contributed by atoms with Crippen LogP contribution in [0.2, 0.25) is 0 Å². The summed E-state index contributed by atoms with van der Waals surface area (Å²) in [6.07, 6.45) is 0.139. The van der Waals surface area contributed by atoms with Crippen molar-refractivity contribution in [2.24, 2.45) is 0 Å². The number of ether oxygens (including phenoxy) is 1. The highest BCUT2D eigenvalue weighted by Crippen LogP contribution is 2.38. The van der Waals surface area contributed by atoms with E-state index in [0.29, 0.717) is 6.61 Å². The largest absolute Gasteiger partial charge is 0.493 e. The van der Waals surface area contributed by atoms with Crippen molar-refractivity contribution in [2.45, 2.75) is 38.5 Å². The predicted molar refractivity (Wildman–Crippen MR) is 65.6 cm³/mol. The van der Waals surface area contributed by atoms with E-state index >= 15 is 0 Å². The lowest BCUT2D eigenvalue weighted by Crippen LogP contribution is -2.12. The maximum absolute atomic E-state index is 10.8.